The van der Waals surface area contributed by atoms with Gasteiger partial charge in [-0.3, -0.25) is 9.69 Å². The average Bonchev–Trinajstić information content (AvgIpc) is 3.03. The van der Waals surface area contributed by atoms with Crippen LogP contribution in [0.5, 0.6) is 0 Å². The Labute approximate surface area is 170 Å². The zero-order valence-electron chi connectivity index (χ0n) is 16.4. The average molecular weight is 410 g/mol. The Morgan fingerprint density at radius 2 is 2.04 bits per heavy atom. The zero-order valence-corrected chi connectivity index (χ0v) is 18.0. The summed E-state index contributed by atoms with van der Waals surface area (Å²) in [6, 6.07) is 7.42. The molecule has 27 heavy (non-hydrogen) atoms. The fourth-order valence-electron chi connectivity index (χ4n) is 2.84. The van der Waals surface area contributed by atoms with Crippen molar-refractivity contribution in [2.75, 3.05) is 25.2 Å². The third-order valence-electron chi connectivity index (χ3n) is 4.27. The maximum absolute atomic E-state index is 12.3. The Hall–Kier alpha value is -1.57. The molecule has 1 aromatic carbocycles. The topological polar surface area (TPSA) is 63.1 Å². The Morgan fingerprint density at radius 1 is 1.30 bits per heavy atom. The molecule has 0 radical (unpaired) electrons. The van der Waals surface area contributed by atoms with Crippen molar-refractivity contribution in [2.45, 2.75) is 50.9 Å². The maximum atomic E-state index is 12.3. The molecule has 0 bridgehead atoms. The summed E-state index contributed by atoms with van der Waals surface area (Å²) >= 11 is 7.51. The van der Waals surface area contributed by atoms with Crippen LogP contribution in [-0.4, -0.2) is 45.4 Å². The number of unbranched alkanes of at least 4 members (excludes halogenated alkanes) is 1. The van der Waals surface area contributed by atoms with Crippen LogP contribution >= 0.6 is 23.4 Å². The molecule has 1 unspecified atom stereocenters. The molecular weight excluding hydrogens is 382 g/mol. The maximum Gasteiger partial charge on any atom is 0.234 e. The van der Waals surface area contributed by atoms with E-state index in [2.05, 4.69) is 52.9 Å². The number of hydrogen-bond donors (Lipinski definition) is 1. The number of amides is 1. The number of carbonyl (C=O) groups is 1. The second-order valence-electron chi connectivity index (χ2n) is 6.55. The molecule has 0 aliphatic carbocycles. The van der Waals surface area contributed by atoms with Gasteiger partial charge in [-0.1, -0.05) is 55.8 Å². The van der Waals surface area contributed by atoms with Crippen LogP contribution < -0.4 is 5.32 Å². The molecule has 1 heterocycles. The summed E-state index contributed by atoms with van der Waals surface area (Å²) in [5.41, 5.74) is 0.622. The highest BCUT2D eigenvalue weighted by Crippen LogP contribution is 2.26. The number of carbonyl (C=O) groups excluding carboxylic acids is 1. The molecule has 8 heteroatoms. The standard InChI is InChI=1S/C19H28ClN5OS/c1-5-7-12-25-18(16(6-2)24(3)4)22-23-19(25)27-13-17(26)21-15-11-9-8-10-14(15)20/h8-11,16H,5-7,12-13H2,1-4H3,(H,21,26). The number of benzene rings is 1. The number of halogens is 1. The van der Waals surface area contributed by atoms with E-state index in [4.69, 9.17) is 11.6 Å². The van der Waals surface area contributed by atoms with Gasteiger partial charge in [0, 0.05) is 6.54 Å². The van der Waals surface area contributed by atoms with Crippen LogP contribution in [0.4, 0.5) is 5.69 Å². The van der Waals surface area contributed by atoms with Crippen molar-refractivity contribution in [3.63, 3.8) is 0 Å². The second kappa shape index (κ2) is 10.7. The highest BCUT2D eigenvalue weighted by atomic mass is 35.5. The lowest BCUT2D eigenvalue weighted by atomic mass is 10.2. The minimum absolute atomic E-state index is 0.112. The van der Waals surface area contributed by atoms with E-state index in [0.29, 0.717) is 10.7 Å². The highest BCUT2D eigenvalue weighted by Gasteiger charge is 2.22. The van der Waals surface area contributed by atoms with Gasteiger partial charge in [-0.15, -0.1) is 10.2 Å². The number of aromatic nitrogens is 3. The van der Waals surface area contributed by atoms with E-state index in [1.165, 1.54) is 11.8 Å². The molecule has 2 rings (SSSR count). The Balaban J connectivity index is 2.09. The molecule has 0 saturated carbocycles. The summed E-state index contributed by atoms with van der Waals surface area (Å²) in [6.45, 7) is 5.17. The van der Waals surface area contributed by atoms with Gasteiger partial charge in [0.05, 0.1) is 22.5 Å². The lowest BCUT2D eigenvalue weighted by Gasteiger charge is -2.23. The molecule has 1 amide bonds. The van der Waals surface area contributed by atoms with Gasteiger partial charge >= 0.3 is 0 Å². The summed E-state index contributed by atoms with van der Waals surface area (Å²) in [5.74, 6) is 1.11. The summed E-state index contributed by atoms with van der Waals surface area (Å²) in [7, 11) is 4.10. The van der Waals surface area contributed by atoms with Crippen molar-refractivity contribution in [3.05, 3.63) is 35.1 Å². The number of nitrogens with zero attached hydrogens (tertiary/aromatic N) is 4. The van der Waals surface area contributed by atoms with Crippen LogP contribution in [-0.2, 0) is 11.3 Å². The van der Waals surface area contributed by atoms with Crippen LogP contribution in [0.2, 0.25) is 5.02 Å². The van der Waals surface area contributed by atoms with Crippen molar-refractivity contribution in [1.29, 1.82) is 0 Å². The number of hydrogen-bond acceptors (Lipinski definition) is 5. The predicted octanol–water partition coefficient (Wildman–Crippen LogP) is 4.48. The fourth-order valence-corrected chi connectivity index (χ4v) is 3.79. The van der Waals surface area contributed by atoms with Crippen molar-refractivity contribution in [1.82, 2.24) is 19.7 Å². The van der Waals surface area contributed by atoms with E-state index in [9.17, 15) is 4.79 Å². The van der Waals surface area contributed by atoms with Gasteiger partial charge in [-0.25, -0.2) is 0 Å². The van der Waals surface area contributed by atoms with Crippen molar-refractivity contribution in [3.8, 4) is 0 Å². The molecule has 0 aliphatic rings. The van der Waals surface area contributed by atoms with Gasteiger partial charge in [0.2, 0.25) is 5.91 Å². The predicted molar refractivity (Wildman–Crippen MR) is 112 cm³/mol. The quantitative estimate of drug-likeness (QED) is 0.586. The molecule has 0 fully saturated rings. The minimum atomic E-state index is -0.112. The van der Waals surface area contributed by atoms with Crippen LogP contribution in [0, 0.1) is 0 Å². The molecule has 1 N–H and O–H groups in total. The normalized spacial score (nSPS) is 12.4. The van der Waals surface area contributed by atoms with E-state index < -0.39 is 0 Å². The molecule has 1 aromatic heterocycles. The van der Waals surface area contributed by atoms with Gasteiger partial charge in [0.25, 0.3) is 0 Å². The van der Waals surface area contributed by atoms with Gasteiger partial charge in [-0.05, 0) is 39.1 Å². The third-order valence-corrected chi connectivity index (χ3v) is 5.57. The number of nitrogens with one attached hydrogen (secondary N) is 1. The first-order valence-electron chi connectivity index (χ1n) is 9.24. The molecule has 6 nitrogen and oxygen atoms in total. The summed E-state index contributed by atoms with van der Waals surface area (Å²) in [4.78, 5) is 14.5. The third kappa shape index (κ3) is 5.96. The van der Waals surface area contributed by atoms with Crippen molar-refractivity contribution >= 4 is 35.0 Å². The van der Waals surface area contributed by atoms with Crippen molar-refractivity contribution < 1.29 is 4.79 Å². The van der Waals surface area contributed by atoms with Crippen LogP contribution in [0.1, 0.15) is 45.0 Å². The van der Waals surface area contributed by atoms with Gasteiger partial charge < -0.3 is 9.88 Å². The molecule has 148 valence electrons. The minimum Gasteiger partial charge on any atom is -0.324 e. The first kappa shape index (κ1) is 21.7. The number of para-hydroxylation sites is 1. The van der Waals surface area contributed by atoms with Crippen LogP contribution in [0.15, 0.2) is 29.4 Å². The zero-order chi connectivity index (χ0) is 19.8. The van der Waals surface area contributed by atoms with E-state index in [-0.39, 0.29) is 17.7 Å². The van der Waals surface area contributed by atoms with E-state index in [0.717, 1.165) is 36.8 Å². The SMILES string of the molecule is CCCCn1c(SCC(=O)Nc2ccccc2Cl)nnc1C(CC)N(C)C. The Bertz CT molecular complexity index is 749. The molecule has 0 spiro atoms. The van der Waals surface area contributed by atoms with E-state index in [1.807, 2.05) is 12.1 Å². The van der Waals surface area contributed by atoms with Crippen LogP contribution in [0.3, 0.4) is 0 Å². The largest absolute Gasteiger partial charge is 0.324 e. The fraction of sp³-hybridized carbons (Fsp3) is 0.526. The Morgan fingerprint density at radius 3 is 2.67 bits per heavy atom. The van der Waals surface area contributed by atoms with E-state index in [1.54, 1.807) is 12.1 Å². The second-order valence-corrected chi connectivity index (χ2v) is 7.90. The summed E-state index contributed by atoms with van der Waals surface area (Å²) < 4.78 is 2.16. The van der Waals surface area contributed by atoms with Crippen LogP contribution in [0.25, 0.3) is 0 Å². The number of anilines is 1. The molecular formula is C19H28ClN5OS. The van der Waals surface area contributed by atoms with Gasteiger partial charge in [-0.2, -0.15) is 0 Å². The smallest absolute Gasteiger partial charge is 0.234 e. The van der Waals surface area contributed by atoms with Crippen molar-refractivity contribution in [2.24, 2.45) is 0 Å². The molecule has 2 aromatic rings. The lowest BCUT2D eigenvalue weighted by molar-refractivity contribution is -0.113. The Kier molecular flexibility index (Phi) is 8.60. The molecule has 1 atom stereocenters. The monoisotopic (exact) mass is 409 g/mol. The summed E-state index contributed by atoms with van der Waals surface area (Å²) in [5, 5.41) is 13.0. The van der Waals surface area contributed by atoms with Gasteiger partial charge in [0.15, 0.2) is 11.0 Å². The van der Waals surface area contributed by atoms with Gasteiger partial charge in [0.1, 0.15) is 0 Å². The summed E-state index contributed by atoms with van der Waals surface area (Å²) in [6.07, 6.45) is 3.09. The highest BCUT2D eigenvalue weighted by molar-refractivity contribution is 7.99. The first-order chi connectivity index (χ1) is 13.0. The first-order valence-corrected chi connectivity index (χ1v) is 10.6. The number of thioether (sulfide) groups is 1. The lowest BCUT2D eigenvalue weighted by Crippen LogP contribution is -2.23. The number of rotatable bonds is 10. The molecule has 0 saturated heterocycles. The van der Waals surface area contributed by atoms with E-state index >= 15 is 0 Å². The molecule has 0 aliphatic heterocycles.